The van der Waals surface area contributed by atoms with Crippen molar-refractivity contribution in [3.63, 3.8) is 0 Å². The average Bonchev–Trinajstić information content (AvgIpc) is 2.37. The fourth-order valence-corrected chi connectivity index (χ4v) is 0.794. The lowest BCUT2D eigenvalue weighted by molar-refractivity contribution is -0.374. The van der Waals surface area contributed by atoms with Gasteiger partial charge in [0, 0.05) is 11.5 Å². The van der Waals surface area contributed by atoms with Crippen LogP contribution in [0.15, 0.2) is 5.11 Å². The number of hydrogen-bond acceptors (Lipinski definition) is 4. The summed E-state index contributed by atoms with van der Waals surface area (Å²) < 4.78 is 15.5. The molecular formula is C8H19N7O3. The van der Waals surface area contributed by atoms with Crippen LogP contribution in [0.4, 0.5) is 0 Å². The lowest BCUT2D eigenvalue weighted by Crippen LogP contribution is -2.52. The normalized spacial score (nSPS) is 8.72. The van der Waals surface area contributed by atoms with E-state index in [-0.39, 0.29) is 0 Å². The van der Waals surface area contributed by atoms with Crippen LogP contribution >= 0.6 is 0 Å². The van der Waals surface area contributed by atoms with Crippen molar-refractivity contribution in [2.75, 3.05) is 52.7 Å². The van der Waals surface area contributed by atoms with E-state index in [0.717, 1.165) is 6.54 Å². The number of nitrogens with zero attached hydrogens (tertiary/aromatic N) is 6. The molecule has 0 amide bonds. The lowest BCUT2D eigenvalue weighted by atomic mass is 10.7. The monoisotopic (exact) mass is 261 g/mol. The Morgan fingerprint density at radius 2 is 1.28 bits per heavy atom. The first-order chi connectivity index (χ1) is 8.83. The summed E-state index contributed by atoms with van der Waals surface area (Å²) in [5, 5.41) is 3.33. The fourth-order valence-electron chi connectivity index (χ4n) is 0.794. The summed E-state index contributed by atoms with van der Waals surface area (Å²) in [7, 11) is 0. The molecule has 0 radical (unpaired) electrons. The van der Waals surface area contributed by atoms with Gasteiger partial charge in [-0.25, -0.2) is 0 Å². The van der Waals surface area contributed by atoms with Gasteiger partial charge in [-0.15, -0.1) is 0 Å². The Bertz CT molecular complexity index is 239. The smallest absolute Gasteiger partial charge is 0.0977 e. The van der Waals surface area contributed by atoms with Crippen molar-refractivity contribution >= 4 is 0 Å². The summed E-state index contributed by atoms with van der Waals surface area (Å²) >= 11 is 0. The summed E-state index contributed by atoms with van der Waals surface area (Å²) in [6.07, 6.45) is 0. The van der Waals surface area contributed by atoms with E-state index in [4.69, 9.17) is 30.8 Å². The van der Waals surface area contributed by atoms with E-state index in [1.165, 1.54) is 4.91 Å². The molecule has 0 unspecified atom stereocenters. The van der Waals surface area contributed by atoms with Gasteiger partial charge in [0.1, 0.15) is 0 Å². The molecule has 0 rings (SSSR count). The van der Waals surface area contributed by atoms with Crippen LogP contribution in [0, 0.1) is 0 Å². The Kier molecular flexibility index (Phi) is 21.8. The Hall–Kier alpha value is -1.54. The van der Waals surface area contributed by atoms with E-state index in [2.05, 4.69) is 15.8 Å². The van der Waals surface area contributed by atoms with Crippen LogP contribution in [-0.2, 0) is 14.2 Å². The predicted molar refractivity (Wildman–Crippen MR) is 64.3 cm³/mol. The molecule has 0 atom stereocenters. The molecule has 0 aromatic heterocycles. The van der Waals surface area contributed by atoms with Crippen LogP contribution < -0.4 is 5.73 Å². The van der Waals surface area contributed by atoms with Crippen molar-refractivity contribution in [1.82, 2.24) is 0 Å². The van der Waals surface area contributed by atoms with Crippen LogP contribution in [0.2, 0.25) is 0 Å². The minimum Gasteiger partial charge on any atom is -0.379 e. The molecule has 0 aromatic rings. The highest BCUT2D eigenvalue weighted by Gasteiger charge is 1.90. The van der Waals surface area contributed by atoms with Crippen LogP contribution in [0.1, 0.15) is 0 Å². The van der Waals surface area contributed by atoms with Crippen LogP contribution in [0.3, 0.4) is 0 Å². The van der Waals surface area contributed by atoms with Gasteiger partial charge in [0.2, 0.25) is 0 Å². The van der Waals surface area contributed by atoms with E-state index < -0.39 is 0 Å². The number of rotatable bonds is 11. The van der Waals surface area contributed by atoms with E-state index in [1.54, 1.807) is 0 Å². The molecule has 0 aromatic carbocycles. The first kappa shape index (κ1) is 18.8. The molecule has 0 aliphatic rings. The molecule has 0 saturated heterocycles. The van der Waals surface area contributed by atoms with Gasteiger partial charge in [-0.1, -0.05) is 5.11 Å². The highest BCUT2D eigenvalue weighted by molar-refractivity contribution is 4.44. The largest absolute Gasteiger partial charge is 0.379 e. The molecule has 104 valence electrons. The lowest BCUT2D eigenvalue weighted by Gasteiger charge is -2.04. The zero-order valence-electron chi connectivity index (χ0n) is 10.3. The van der Waals surface area contributed by atoms with Crippen molar-refractivity contribution in [2.24, 2.45) is 5.11 Å². The first-order valence-electron chi connectivity index (χ1n) is 5.35. The third-order valence-electron chi connectivity index (χ3n) is 1.43. The minimum atomic E-state index is 0.364. The van der Waals surface area contributed by atoms with Crippen molar-refractivity contribution in [1.29, 1.82) is 0 Å². The van der Waals surface area contributed by atoms with E-state index in [1.807, 2.05) is 0 Å². The van der Waals surface area contributed by atoms with Gasteiger partial charge in [0.25, 0.3) is 0 Å². The fraction of sp³-hybridized carbons (Fsp3) is 1.00. The molecule has 18 heavy (non-hydrogen) atoms. The molecule has 10 heteroatoms. The van der Waals surface area contributed by atoms with Crippen molar-refractivity contribution < 1.29 is 19.9 Å². The van der Waals surface area contributed by atoms with Gasteiger partial charge in [0.05, 0.1) is 46.2 Å². The molecule has 3 N–H and O–H groups in total. The Morgan fingerprint density at radius 1 is 0.833 bits per heavy atom. The summed E-state index contributed by atoms with van der Waals surface area (Å²) in [4.78, 5) is 4.10. The highest BCUT2D eigenvalue weighted by atomic mass is 16.5. The average molecular weight is 261 g/mol. The van der Waals surface area contributed by atoms with Gasteiger partial charge >= 0.3 is 0 Å². The first-order valence-corrected chi connectivity index (χ1v) is 5.35. The van der Waals surface area contributed by atoms with E-state index >= 15 is 0 Å². The summed E-state index contributed by atoms with van der Waals surface area (Å²) in [5.74, 6) is 0. The Labute approximate surface area is 105 Å². The SMILES string of the molecule is [N-]=[N+]=NCCOCCOCCOCC[NH3+].[N-]=[N+]=[N-]. The number of quaternary nitrogens is 1. The second kappa shape index (κ2) is 20.8. The Balaban J connectivity index is 0. The quantitative estimate of drug-likeness (QED) is 0.247. The topological polar surface area (TPSA) is 163 Å². The molecule has 0 bridgehead atoms. The second-order valence-electron chi connectivity index (χ2n) is 2.73. The van der Waals surface area contributed by atoms with Crippen LogP contribution in [-0.4, -0.2) is 52.7 Å². The zero-order valence-corrected chi connectivity index (χ0v) is 10.3. The van der Waals surface area contributed by atoms with E-state index in [9.17, 15) is 0 Å². The van der Waals surface area contributed by atoms with Crippen LogP contribution in [0.5, 0.6) is 0 Å². The Morgan fingerprint density at radius 3 is 1.72 bits per heavy atom. The molecule has 0 saturated carbocycles. The molecule has 0 spiro atoms. The van der Waals surface area contributed by atoms with Crippen LogP contribution in [0.25, 0.3) is 26.4 Å². The zero-order chi connectivity index (χ0) is 13.9. The second-order valence-corrected chi connectivity index (χ2v) is 2.73. The summed E-state index contributed by atoms with van der Waals surface area (Å²) in [6.45, 7) is 4.46. The summed E-state index contributed by atoms with van der Waals surface area (Å²) in [5.41, 5.74) is 25.1. The molecule has 0 fully saturated rings. The van der Waals surface area contributed by atoms with Gasteiger partial charge < -0.3 is 31.0 Å². The third-order valence-corrected chi connectivity index (χ3v) is 1.43. The van der Waals surface area contributed by atoms with Gasteiger partial charge in [-0.3, -0.25) is 4.91 Å². The predicted octanol–water partition coefficient (Wildman–Crippen LogP) is 0.454. The molecular weight excluding hydrogens is 242 g/mol. The van der Waals surface area contributed by atoms with Gasteiger partial charge in [-0.2, -0.15) is 0 Å². The molecule has 10 nitrogen and oxygen atoms in total. The molecule has 0 aliphatic carbocycles. The maximum absolute atomic E-state index is 7.97. The third kappa shape index (κ3) is 23.9. The molecule has 0 aliphatic heterocycles. The highest BCUT2D eigenvalue weighted by Crippen LogP contribution is 1.81. The van der Waals surface area contributed by atoms with Crippen molar-refractivity contribution in [3.8, 4) is 0 Å². The van der Waals surface area contributed by atoms with E-state index in [0.29, 0.717) is 46.2 Å². The van der Waals surface area contributed by atoms with Gasteiger partial charge in [0.15, 0.2) is 0 Å². The summed E-state index contributed by atoms with van der Waals surface area (Å²) in [6, 6.07) is 0. The number of ether oxygens (including phenoxy) is 3. The molecule has 0 heterocycles. The maximum Gasteiger partial charge on any atom is 0.0977 e. The standard InChI is InChI=1S/C8H18N4O3.N3/c9-1-3-13-5-7-15-8-6-14-4-2-11-12-10;1-3-2/h1-9H2;/q;-1/p+1. The van der Waals surface area contributed by atoms with Gasteiger partial charge in [-0.05, 0) is 5.53 Å². The maximum atomic E-state index is 7.97. The van der Waals surface area contributed by atoms with Crippen molar-refractivity contribution in [3.05, 3.63) is 26.4 Å². The minimum absolute atomic E-state index is 0.364. The van der Waals surface area contributed by atoms with Crippen molar-refractivity contribution in [2.45, 2.75) is 0 Å². The number of azide groups is 1. The number of hydrogen-bond donors (Lipinski definition) is 1.